The molecule has 1 atom stereocenters. The van der Waals surface area contributed by atoms with Crippen LogP contribution in [0.2, 0.25) is 0 Å². The number of hydrogen-bond acceptors (Lipinski definition) is 6. The second-order valence-corrected chi connectivity index (χ2v) is 6.81. The van der Waals surface area contributed by atoms with Gasteiger partial charge in [-0.05, 0) is 18.6 Å². The molecule has 0 saturated heterocycles. The number of ether oxygens (including phenoxy) is 2. The Morgan fingerprint density at radius 1 is 1.14 bits per heavy atom. The smallest absolute Gasteiger partial charge is 0.193 e. The number of ketones is 1. The molecule has 0 bridgehead atoms. The maximum absolute atomic E-state index is 13.4. The van der Waals surface area contributed by atoms with Crippen LogP contribution in [0.25, 0.3) is 16.6 Å². The van der Waals surface area contributed by atoms with Crippen molar-refractivity contribution in [1.29, 1.82) is 0 Å². The van der Waals surface area contributed by atoms with Gasteiger partial charge >= 0.3 is 0 Å². The Hall–Kier alpha value is -3.48. The van der Waals surface area contributed by atoms with Crippen LogP contribution >= 0.6 is 0 Å². The summed E-state index contributed by atoms with van der Waals surface area (Å²) in [7, 11) is 5.03. The first-order chi connectivity index (χ1) is 14.1. The molecule has 0 fully saturated rings. The van der Waals surface area contributed by atoms with Gasteiger partial charge in [0.15, 0.2) is 5.78 Å². The fourth-order valence-electron chi connectivity index (χ4n) is 3.83. The van der Waals surface area contributed by atoms with E-state index >= 15 is 0 Å². The third-order valence-corrected chi connectivity index (χ3v) is 5.20. The highest BCUT2D eigenvalue weighted by Gasteiger charge is 2.41. The second-order valence-electron chi connectivity index (χ2n) is 6.81. The van der Waals surface area contributed by atoms with Crippen LogP contribution in [-0.4, -0.2) is 43.1 Å². The predicted octanol–water partition coefficient (Wildman–Crippen LogP) is 3.34. The highest BCUT2D eigenvalue weighted by Crippen LogP contribution is 2.39. The number of aromatic amines is 1. The van der Waals surface area contributed by atoms with Crippen LogP contribution in [0, 0.1) is 0 Å². The fraction of sp³-hybridized carbons (Fsp3) is 0.273. The Bertz CT molecular complexity index is 1050. The van der Waals surface area contributed by atoms with E-state index in [4.69, 9.17) is 9.47 Å². The van der Waals surface area contributed by atoms with Gasteiger partial charge in [0.25, 0.3) is 0 Å². The Kier molecular flexibility index (Phi) is 4.88. The van der Waals surface area contributed by atoms with Gasteiger partial charge < -0.3 is 24.7 Å². The van der Waals surface area contributed by atoms with E-state index in [2.05, 4.69) is 15.3 Å². The molecule has 7 nitrogen and oxygen atoms in total. The molecule has 2 heterocycles. The van der Waals surface area contributed by atoms with Gasteiger partial charge in [0.05, 0.1) is 37.0 Å². The number of carbonyl (C=O) groups is 1. The SMILES string of the molecule is CC[C@H]1C(=O)C(c2nc3ccccc3[nH]2)=C(NC)N1c1cc(OC)cc(OC)c1. The normalized spacial score (nSPS) is 16.6. The number of aromatic nitrogens is 2. The quantitative estimate of drug-likeness (QED) is 0.670. The summed E-state index contributed by atoms with van der Waals surface area (Å²) in [6, 6.07) is 13.0. The van der Waals surface area contributed by atoms with E-state index in [1.807, 2.05) is 61.3 Å². The number of methoxy groups -OCH3 is 2. The second kappa shape index (κ2) is 7.50. The molecule has 1 aliphatic heterocycles. The number of carbonyl (C=O) groups excluding carboxylic acids is 1. The summed E-state index contributed by atoms with van der Waals surface area (Å²) in [4.78, 5) is 23.4. The van der Waals surface area contributed by atoms with Gasteiger partial charge in [-0.15, -0.1) is 0 Å². The zero-order chi connectivity index (χ0) is 20.5. The monoisotopic (exact) mass is 392 g/mol. The number of nitrogens with one attached hydrogen (secondary N) is 2. The molecular formula is C22H24N4O3. The summed E-state index contributed by atoms with van der Waals surface area (Å²) in [6.07, 6.45) is 0.646. The van der Waals surface area contributed by atoms with Gasteiger partial charge in [-0.25, -0.2) is 4.98 Å². The van der Waals surface area contributed by atoms with E-state index < -0.39 is 0 Å². The number of anilines is 1. The van der Waals surface area contributed by atoms with Gasteiger partial charge in [-0.2, -0.15) is 0 Å². The van der Waals surface area contributed by atoms with Gasteiger partial charge in [-0.1, -0.05) is 19.1 Å². The summed E-state index contributed by atoms with van der Waals surface area (Å²) in [5.74, 6) is 2.62. The van der Waals surface area contributed by atoms with Crippen molar-refractivity contribution in [2.45, 2.75) is 19.4 Å². The molecule has 29 heavy (non-hydrogen) atoms. The minimum absolute atomic E-state index is 0.0256. The number of H-pyrrole nitrogens is 1. The van der Waals surface area contributed by atoms with Crippen molar-refractivity contribution in [1.82, 2.24) is 15.3 Å². The first kappa shape index (κ1) is 18.9. The lowest BCUT2D eigenvalue weighted by atomic mass is 10.1. The largest absolute Gasteiger partial charge is 0.497 e. The van der Waals surface area contributed by atoms with E-state index in [0.717, 1.165) is 16.7 Å². The third-order valence-electron chi connectivity index (χ3n) is 5.20. The van der Waals surface area contributed by atoms with Crippen molar-refractivity contribution in [3.05, 3.63) is 54.1 Å². The van der Waals surface area contributed by atoms with Crippen LogP contribution in [0.3, 0.4) is 0 Å². The minimum Gasteiger partial charge on any atom is -0.497 e. The lowest BCUT2D eigenvalue weighted by Gasteiger charge is -2.28. The number of imidazole rings is 1. The number of rotatable bonds is 6. The molecule has 150 valence electrons. The number of nitrogens with zero attached hydrogens (tertiary/aromatic N) is 2. The Labute approximate surface area is 169 Å². The van der Waals surface area contributed by atoms with Crippen LogP contribution in [0.4, 0.5) is 5.69 Å². The molecule has 0 aliphatic carbocycles. The molecular weight excluding hydrogens is 368 g/mol. The lowest BCUT2D eigenvalue weighted by Crippen LogP contribution is -2.36. The van der Waals surface area contributed by atoms with E-state index in [9.17, 15) is 4.79 Å². The van der Waals surface area contributed by atoms with Gasteiger partial charge in [0, 0.05) is 25.2 Å². The molecule has 1 aromatic heterocycles. The topological polar surface area (TPSA) is 79.5 Å². The van der Waals surface area contributed by atoms with Crippen molar-refractivity contribution >= 4 is 28.1 Å². The Morgan fingerprint density at radius 3 is 2.41 bits per heavy atom. The first-order valence-corrected chi connectivity index (χ1v) is 9.54. The fourth-order valence-corrected chi connectivity index (χ4v) is 3.83. The molecule has 4 rings (SSSR count). The molecule has 2 aromatic carbocycles. The number of hydrogen-bond donors (Lipinski definition) is 2. The van der Waals surface area contributed by atoms with E-state index in [0.29, 0.717) is 35.1 Å². The maximum atomic E-state index is 13.4. The molecule has 7 heteroatoms. The summed E-state index contributed by atoms with van der Waals surface area (Å²) in [6.45, 7) is 2.00. The molecule has 0 saturated carbocycles. The minimum atomic E-state index is -0.350. The van der Waals surface area contributed by atoms with Crippen LogP contribution < -0.4 is 19.7 Å². The summed E-state index contributed by atoms with van der Waals surface area (Å²) in [5.41, 5.74) is 3.09. The molecule has 3 aromatic rings. The van der Waals surface area contributed by atoms with Crippen molar-refractivity contribution in [3.8, 4) is 11.5 Å². The summed E-state index contributed by atoms with van der Waals surface area (Å²) in [5, 5.41) is 3.22. The molecule has 2 N–H and O–H groups in total. The van der Waals surface area contributed by atoms with Crippen molar-refractivity contribution in [3.63, 3.8) is 0 Å². The highest BCUT2D eigenvalue weighted by atomic mass is 16.5. The summed E-state index contributed by atoms with van der Waals surface area (Å²) >= 11 is 0. The standard InChI is InChI=1S/C22H24N4O3/c1-5-18-20(27)19(21-24-16-8-6-7-9-17(16)25-21)22(23-2)26(18)13-10-14(28-3)12-15(11-13)29-4/h6-12,18,23H,5H2,1-4H3,(H,24,25)/t18-/m0/s1. The van der Waals surface area contributed by atoms with E-state index in [1.54, 1.807) is 14.2 Å². The van der Waals surface area contributed by atoms with Crippen LogP contribution in [0.5, 0.6) is 11.5 Å². The molecule has 0 amide bonds. The Balaban J connectivity index is 1.90. The first-order valence-electron chi connectivity index (χ1n) is 9.54. The Morgan fingerprint density at radius 2 is 1.83 bits per heavy atom. The average molecular weight is 392 g/mol. The molecule has 0 spiro atoms. The molecule has 1 aliphatic rings. The van der Waals surface area contributed by atoms with Crippen molar-refractivity contribution in [2.24, 2.45) is 0 Å². The molecule has 0 radical (unpaired) electrons. The summed E-state index contributed by atoms with van der Waals surface area (Å²) < 4.78 is 10.9. The van der Waals surface area contributed by atoms with Crippen LogP contribution in [-0.2, 0) is 4.79 Å². The van der Waals surface area contributed by atoms with Crippen LogP contribution in [0.15, 0.2) is 48.3 Å². The number of para-hydroxylation sites is 2. The van der Waals surface area contributed by atoms with Gasteiger partial charge in [0.1, 0.15) is 28.7 Å². The third kappa shape index (κ3) is 3.08. The lowest BCUT2D eigenvalue weighted by molar-refractivity contribution is -0.114. The van der Waals surface area contributed by atoms with E-state index in [1.165, 1.54) is 0 Å². The maximum Gasteiger partial charge on any atom is 0.193 e. The van der Waals surface area contributed by atoms with E-state index in [-0.39, 0.29) is 11.8 Å². The number of Topliss-reactive ketones (excluding diaryl/α,β-unsaturated/α-hetero) is 1. The zero-order valence-electron chi connectivity index (χ0n) is 16.9. The van der Waals surface area contributed by atoms with Crippen molar-refractivity contribution < 1.29 is 14.3 Å². The predicted molar refractivity (Wildman–Crippen MR) is 113 cm³/mol. The molecule has 0 unspecified atom stereocenters. The van der Waals surface area contributed by atoms with Gasteiger partial charge in [0.2, 0.25) is 0 Å². The van der Waals surface area contributed by atoms with Gasteiger partial charge in [-0.3, -0.25) is 4.79 Å². The highest BCUT2D eigenvalue weighted by molar-refractivity contribution is 6.27. The van der Waals surface area contributed by atoms with Crippen molar-refractivity contribution in [2.75, 3.05) is 26.2 Å². The number of benzene rings is 2. The zero-order valence-corrected chi connectivity index (χ0v) is 16.9. The van der Waals surface area contributed by atoms with Crippen LogP contribution in [0.1, 0.15) is 19.2 Å². The average Bonchev–Trinajstić information content (AvgIpc) is 3.30. The number of fused-ring (bicyclic) bond motifs is 1.